The number of allylic oxidation sites excluding steroid dienone is 1. The second-order valence-electron chi connectivity index (χ2n) is 8.33. The number of nitrogens with zero attached hydrogens (tertiary/aromatic N) is 4. The van der Waals surface area contributed by atoms with E-state index in [2.05, 4.69) is 5.10 Å². The normalized spacial score (nSPS) is 14.6. The SMILES string of the molecule is Cn1ncc2c1CC/C(=C\c1cn(-c3ccccc3)nc1-c1cc3ccccc3oc1=O)C2=O. The molecule has 0 aliphatic heterocycles. The van der Waals surface area contributed by atoms with E-state index in [1.165, 1.54) is 0 Å². The Bertz CT molecular complexity index is 1650. The van der Waals surface area contributed by atoms with Crippen LogP contribution in [0.25, 0.3) is 34.0 Å². The van der Waals surface area contributed by atoms with Crippen molar-refractivity contribution in [3.8, 4) is 16.9 Å². The van der Waals surface area contributed by atoms with Crippen LogP contribution in [-0.4, -0.2) is 25.3 Å². The molecule has 6 rings (SSSR count). The maximum absolute atomic E-state index is 13.2. The molecule has 5 aromatic rings. The number of rotatable bonds is 3. The average Bonchev–Trinajstić information content (AvgIpc) is 3.45. The summed E-state index contributed by atoms with van der Waals surface area (Å²) in [5, 5.41) is 9.78. The molecule has 34 heavy (non-hydrogen) atoms. The maximum Gasteiger partial charge on any atom is 0.345 e. The third-order valence-corrected chi connectivity index (χ3v) is 6.22. The fourth-order valence-electron chi connectivity index (χ4n) is 4.46. The highest BCUT2D eigenvalue weighted by Gasteiger charge is 2.26. The summed E-state index contributed by atoms with van der Waals surface area (Å²) in [4.78, 5) is 26.1. The maximum atomic E-state index is 13.2. The largest absolute Gasteiger partial charge is 0.422 e. The van der Waals surface area contributed by atoms with Crippen LogP contribution in [0.4, 0.5) is 0 Å². The van der Waals surface area contributed by atoms with E-state index in [0.29, 0.717) is 40.0 Å². The molecule has 0 radical (unpaired) electrons. The van der Waals surface area contributed by atoms with Gasteiger partial charge < -0.3 is 4.42 Å². The van der Waals surface area contributed by atoms with Gasteiger partial charge in [-0.2, -0.15) is 10.2 Å². The number of Topliss-reactive ketones (excluding diaryl/α,β-unsaturated/α-hetero) is 1. The van der Waals surface area contributed by atoms with Crippen LogP contribution >= 0.6 is 0 Å². The highest BCUT2D eigenvalue weighted by Crippen LogP contribution is 2.30. The minimum absolute atomic E-state index is 0.0432. The Morgan fingerprint density at radius 2 is 1.76 bits per heavy atom. The molecule has 7 heteroatoms. The van der Waals surface area contributed by atoms with Crippen LogP contribution in [0.5, 0.6) is 0 Å². The van der Waals surface area contributed by atoms with Gasteiger partial charge in [0.15, 0.2) is 5.78 Å². The molecule has 0 N–H and O–H groups in total. The van der Waals surface area contributed by atoms with Crippen molar-refractivity contribution in [2.45, 2.75) is 12.8 Å². The summed E-state index contributed by atoms with van der Waals surface area (Å²) in [5.74, 6) is -0.0432. The molecule has 1 aliphatic carbocycles. The van der Waals surface area contributed by atoms with Gasteiger partial charge in [-0.1, -0.05) is 36.4 Å². The van der Waals surface area contributed by atoms with E-state index in [-0.39, 0.29) is 5.78 Å². The summed E-state index contributed by atoms with van der Waals surface area (Å²) in [6.07, 6.45) is 6.63. The Hall–Kier alpha value is -4.52. The summed E-state index contributed by atoms with van der Waals surface area (Å²) < 4.78 is 9.05. The molecule has 0 bridgehead atoms. The van der Waals surface area contributed by atoms with Crippen molar-refractivity contribution in [2.75, 3.05) is 0 Å². The van der Waals surface area contributed by atoms with Crippen LogP contribution < -0.4 is 5.63 Å². The van der Waals surface area contributed by atoms with Gasteiger partial charge in [-0.3, -0.25) is 9.48 Å². The van der Waals surface area contributed by atoms with Gasteiger partial charge in [-0.15, -0.1) is 0 Å². The van der Waals surface area contributed by atoms with E-state index in [0.717, 1.165) is 23.2 Å². The topological polar surface area (TPSA) is 82.9 Å². The van der Waals surface area contributed by atoms with Gasteiger partial charge in [0.1, 0.15) is 11.3 Å². The second-order valence-corrected chi connectivity index (χ2v) is 8.33. The number of benzene rings is 2. The van der Waals surface area contributed by atoms with E-state index in [9.17, 15) is 9.59 Å². The van der Waals surface area contributed by atoms with E-state index in [1.807, 2.05) is 67.9 Å². The number of carbonyl (C=O) groups is 1. The van der Waals surface area contributed by atoms with Gasteiger partial charge in [0.05, 0.1) is 23.0 Å². The highest BCUT2D eigenvalue weighted by molar-refractivity contribution is 6.13. The lowest BCUT2D eigenvalue weighted by atomic mass is 9.90. The molecule has 3 heterocycles. The first-order valence-corrected chi connectivity index (χ1v) is 11.0. The third-order valence-electron chi connectivity index (χ3n) is 6.22. The average molecular weight is 448 g/mol. The van der Waals surface area contributed by atoms with Gasteiger partial charge in [0.25, 0.3) is 0 Å². The second kappa shape index (κ2) is 7.81. The van der Waals surface area contributed by atoms with Crippen molar-refractivity contribution in [1.82, 2.24) is 19.6 Å². The van der Waals surface area contributed by atoms with E-state index < -0.39 is 5.63 Å². The Morgan fingerprint density at radius 3 is 2.62 bits per heavy atom. The molecule has 0 fully saturated rings. The molecule has 2 aromatic carbocycles. The van der Waals surface area contributed by atoms with Crippen LogP contribution in [-0.2, 0) is 13.5 Å². The molecule has 0 unspecified atom stereocenters. The molecule has 0 amide bonds. The first-order valence-electron chi connectivity index (χ1n) is 11.0. The smallest absolute Gasteiger partial charge is 0.345 e. The fourth-order valence-corrected chi connectivity index (χ4v) is 4.46. The molecule has 7 nitrogen and oxygen atoms in total. The lowest BCUT2D eigenvalue weighted by Crippen LogP contribution is -2.15. The van der Waals surface area contributed by atoms with Crippen LogP contribution in [0.15, 0.2) is 87.8 Å². The Morgan fingerprint density at radius 1 is 0.971 bits per heavy atom. The minimum atomic E-state index is -0.471. The van der Waals surface area contributed by atoms with E-state index in [4.69, 9.17) is 9.52 Å². The summed E-state index contributed by atoms with van der Waals surface area (Å²) >= 11 is 0. The van der Waals surface area contributed by atoms with Crippen molar-refractivity contribution in [2.24, 2.45) is 7.05 Å². The molecular weight excluding hydrogens is 428 g/mol. The minimum Gasteiger partial charge on any atom is -0.422 e. The summed E-state index contributed by atoms with van der Waals surface area (Å²) in [5.41, 5.74) is 4.64. The molecular formula is C27H20N4O3. The van der Waals surface area contributed by atoms with Gasteiger partial charge in [-0.25, -0.2) is 9.48 Å². The van der Waals surface area contributed by atoms with Crippen LogP contribution in [0.1, 0.15) is 28.0 Å². The fraction of sp³-hybridized carbons (Fsp3) is 0.111. The van der Waals surface area contributed by atoms with E-state index >= 15 is 0 Å². The highest BCUT2D eigenvalue weighted by atomic mass is 16.4. The standard InChI is InChI=1S/C27H20N4O3/c1-30-23-12-11-18(26(32)22(23)15-28-30)13-19-16-31(20-8-3-2-4-9-20)29-25(19)21-14-17-7-5-6-10-24(17)34-27(21)33/h2-10,13-16H,11-12H2,1H3/b18-13+. The molecule has 0 atom stereocenters. The number of carbonyl (C=O) groups excluding carboxylic acids is 1. The predicted octanol–water partition coefficient (Wildman–Crippen LogP) is 4.59. The Balaban J connectivity index is 1.53. The van der Waals surface area contributed by atoms with Gasteiger partial charge in [0.2, 0.25) is 0 Å². The van der Waals surface area contributed by atoms with Crippen molar-refractivity contribution in [3.63, 3.8) is 0 Å². The van der Waals surface area contributed by atoms with Crippen LogP contribution in [0, 0.1) is 0 Å². The quantitative estimate of drug-likeness (QED) is 0.298. The number of hydrogen-bond donors (Lipinski definition) is 0. The molecule has 1 aliphatic rings. The van der Waals surface area contributed by atoms with Crippen molar-refractivity contribution in [3.05, 3.63) is 106 Å². The van der Waals surface area contributed by atoms with E-state index in [1.54, 1.807) is 27.7 Å². The monoisotopic (exact) mass is 448 g/mol. The first-order chi connectivity index (χ1) is 16.6. The zero-order valence-electron chi connectivity index (χ0n) is 18.4. The van der Waals surface area contributed by atoms with Crippen molar-refractivity contribution < 1.29 is 9.21 Å². The number of para-hydroxylation sites is 2. The summed E-state index contributed by atoms with van der Waals surface area (Å²) in [6.45, 7) is 0. The Labute approximate surface area is 194 Å². The number of aromatic nitrogens is 4. The zero-order chi connectivity index (χ0) is 23.2. The first kappa shape index (κ1) is 20.1. The molecule has 3 aromatic heterocycles. The van der Waals surface area contributed by atoms with Gasteiger partial charge in [-0.05, 0) is 43.2 Å². The molecule has 0 spiro atoms. The number of fused-ring (bicyclic) bond motifs is 2. The molecule has 0 saturated carbocycles. The van der Waals surface area contributed by atoms with Gasteiger partial charge in [0, 0.05) is 35.5 Å². The Kier molecular flexibility index (Phi) is 4.62. The summed E-state index contributed by atoms with van der Waals surface area (Å²) in [7, 11) is 1.85. The number of ketones is 1. The number of aryl methyl sites for hydroxylation is 1. The van der Waals surface area contributed by atoms with Gasteiger partial charge >= 0.3 is 5.63 Å². The van der Waals surface area contributed by atoms with Crippen LogP contribution in [0.2, 0.25) is 0 Å². The zero-order valence-corrected chi connectivity index (χ0v) is 18.4. The lowest BCUT2D eigenvalue weighted by molar-refractivity contribution is 0.102. The molecule has 166 valence electrons. The third kappa shape index (κ3) is 3.29. The number of hydrogen-bond acceptors (Lipinski definition) is 5. The lowest BCUT2D eigenvalue weighted by Gasteiger charge is -2.14. The van der Waals surface area contributed by atoms with Crippen molar-refractivity contribution in [1.29, 1.82) is 0 Å². The predicted molar refractivity (Wildman–Crippen MR) is 129 cm³/mol. The summed E-state index contributed by atoms with van der Waals surface area (Å²) in [6, 6.07) is 18.8. The molecule has 0 saturated heterocycles. The van der Waals surface area contributed by atoms with Crippen molar-refractivity contribution >= 4 is 22.8 Å². The van der Waals surface area contributed by atoms with Crippen LogP contribution in [0.3, 0.4) is 0 Å².